The molecule has 2 aromatic carbocycles. The molecule has 4 rings (SSSR count). The van der Waals surface area contributed by atoms with Crippen molar-refractivity contribution in [1.82, 2.24) is 4.90 Å². The quantitative estimate of drug-likeness (QED) is 0.781. The Morgan fingerprint density at radius 2 is 1.63 bits per heavy atom. The lowest BCUT2D eigenvalue weighted by molar-refractivity contribution is 0.0679. The number of benzene rings is 2. The van der Waals surface area contributed by atoms with Crippen molar-refractivity contribution in [1.29, 1.82) is 0 Å². The summed E-state index contributed by atoms with van der Waals surface area (Å²) in [6.07, 6.45) is 5.61. The molecule has 2 aliphatic rings. The van der Waals surface area contributed by atoms with Gasteiger partial charge in [0.05, 0.1) is 6.10 Å². The van der Waals surface area contributed by atoms with Gasteiger partial charge in [0.25, 0.3) is 11.8 Å². The van der Waals surface area contributed by atoms with Crippen molar-refractivity contribution >= 4 is 17.5 Å². The van der Waals surface area contributed by atoms with Gasteiger partial charge in [-0.05, 0) is 80.6 Å². The molecule has 2 saturated heterocycles. The minimum absolute atomic E-state index is 0.0613. The summed E-state index contributed by atoms with van der Waals surface area (Å²) in [4.78, 5) is 27.0. The average Bonchev–Trinajstić information content (AvgIpc) is 3.32. The van der Waals surface area contributed by atoms with E-state index in [-0.39, 0.29) is 17.9 Å². The number of nitrogens with one attached hydrogen (secondary N) is 1. The largest absolute Gasteiger partial charge is 0.491 e. The number of nitrogens with zero attached hydrogens (tertiary/aromatic N) is 1. The number of carbonyl (C=O) groups excluding carboxylic acids is 2. The molecule has 30 heavy (non-hydrogen) atoms. The molecule has 1 N–H and O–H groups in total. The highest BCUT2D eigenvalue weighted by Crippen LogP contribution is 2.19. The number of piperidine rings is 1. The first kappa shape index (κ1) is 20.4. The molecular weight excluding hydrogens is 380 g/mol. The average molecular weight is 408 g/mol. The Bertz CT molecular complexity index is 852. The van der Waals surface area contributed by atoms with E-state index in [1.54, 1.807) is 48.5 Å². The van der Waals surface area contributed by atoms with E-state index in [9.17, 15) is 9.59 Å². The molecule has 2 fully saturated rings. The number of hydrogen-bond donors (Lipinski definition) is 1. The van der Waals surface area contributed by atoms with E-state index in [0.717, 1.165) is 51.1 Å². The van der Waals surface area contributed by atoms with Gasteiger partial charge in [0.15, 0.2) is 0 Å². The van der Waals surface area contributed by atoms with Crippen molar-refractivity contribution in [3.63, 3.8) is 0 Å². The van der Waals surface area contributed by atoms with Gasteiger partial charge in [-0.3, -0.25) is 9.59 Å². The fourth-order valence-electron chi connectivity index (χ4n) is 3.85. The smallest absolute Gasteiger partial charge is 0.255 e. The lowest BCUT2D eigenvalue weighted by atomic mass is 10.1. The molecule has 2 heterocycles. The topological polar surface area (TPSA) is 67.9 Å². The molecular formula is C24H28N2O4. The van der Waals surface area contributed by atoms with Crippen LogP contribution in [0.5, 0.6) is 5.75 Å². The van der Waals surface area contributed by atoms with E-state index in [1.807, 2.05) is 4.90 Å². The molecule has 0 unspecified atom stereocenters. The van der Waals surface area contributed by atoms with Crippen LogP contribution in [0, 0.1) is 0 Å². The summed E-state index contributed by atoms with van der Waals surface area (Å²) in [5.41, 5.74) is 1.87. The Labute approximate surface area is 177 Å². The molecule has 0 aromatic heterocycles. The lowest BCUT2D eigenvalue weighted by Crippen LogP contribution is -2.35. The van der Waals surface area contributed by atoms with Gasteiger partial charge in [0.2, 0.25) is 0 Å². The van der Waals surface area contributed by atoms with Crippen LogP contribution in [0.3, 0.4) is 0 Å². The maximum absolute atomic E-state index is 12.5. The molecule has 2 aromatic rings. The predicted octanol–water partition coefficient (Wildman–Crippen LogP) is 4.12. The van der Waals surface area contributed by atoms with Gasteiger partial charge in [0.1, 0.15) is 12.4 Å². The van der Waals surface area contributed by atoms with Crippen LogP contribution < -0.4 is 10.1 Å². The van der Waals surface area contributed by atoms with Gasteiger partial charge < -0.3 is 19.7 Å². The maximum Gasteiger partial charge on any atom is 0.255 e. The summed E-state index contributed by atoms with van der Waals surface area (Å²) in [5, 5.41) is 2.88. The standard InChI is InChI=1S/C24H28N2O4/c27-23(18-8-12-21(13-9-18)30-17-22-5-4-16-29-22)25-20-10-6-19(7-11-20)24(28)26-14-2-1-3-15-26/h6-13,22H,1-5,14-17H2,(H,25,27)/t22-/m1/s1. The fourth-order valence-corrected chi connectivity index (χ4v) is 3.85. The fraction of sp³-hybridized carbons (Fsp3) is 0.417. The maximum atomic E-state index is 12.5. The highest BCUT2D eigenvalue weighted by atomic mass is 16.5. The monoisotopic (exact) mass is 408 g/mol. The van der Waals surface area contributed by atoms with Gasteiger partial charge >= 0.3 is 0 Å². The second-order valence-corrected chi connectivity index (χ2v) is 7.85. The SMILES string of the molecule is O=C(Nc1ccc(C(=O)N2CCCCC2)cc1)c1ccc(OC[C@H]2CCCO2)cc1. The molecule has 2 amide bonds. The normalized spacial score (nSPS) is 18.8. The Morgan fingerprint density at radius 1 is 0.933 bits per heavy atom. The van der Waals surface area contributed by atoms with Gasteiger partial charge in [-0.25, -0.2) is 0 Å². The zero-order valence-corrected chi connectivity index (χ0v) is 17.1. The zero-order chi connectivity index (χ0) is 20.8. The van der Waals surface area contributed by atoms with Crippen LogP contribution in [0.15, 0.2) is 48.5 Å². The van der Waals surface area contributed by atoms with Crippen molar-refractivity contribution in [2.24, 2.45) is 0 Å². The molecule has 158 valence electrons. The van der Waals surface area contributed by atoms with E-state index < -0.39 is 0 Å². The summed E-state index contributed by atoms with van der Waals surface area (Å²) < 4.78 is 11.3. The number of ether oxygens (including phenoxy) is 2. The van der Waals surface area contributed by atoms with Gasteiger partial charge in [-0.2, -0.15) is 0 Å². The Hall–Kier alpha value is -2.86. The molecule has 2 aliphatic heterocycles. The first-order chi connectivity index (χ1) is 14.7. The molecule has 1 atom stereocenters. The van der Waals surface area contributed by atoms with Gasteiger partial charge in [0, 0.05) is 36.5 Å². The third-order valence-corrected chi connectivity index (χ3v) is 5.61. The Morgan fingerprint density at radius 3 is 2.30 bits per heavy atom. The summed E-state index contributed by atoms with van der Waals surface area (Å²) >= 11 is 0. The lowest BCUT2D eigenvalue weighted by Gasteiger charge is -2.26. The predicted molar refractivity (Wildman–Crippen MR) is 115 cm³/mol. The minimum atomic E-state index is -0.198. The van der Waals surface area contributed by atoms with E-state index in [2.05, 4.69) is 5.32 Å². The van der Waals surface area contributed by atoms with Crippen LogP contribution in [0.1, 0.15) is 52.8 Å². The molecule has 0 bridgehead atoms. The highest BCUT2D eigenvalue weighted by molar-refractivity contribution is 6.04. The number of hydrogen-bond acceptors (Lipinski definition) is 4. The van der Waals surface area contributed by atoms with Crippen LogP contribution in [-0.2, 0) is 4.74 Å². The van der Waals surface area contributed by atoms with E-state index in [4.69, 9.17) is 9.47 Å². The number of anilines is 1. The highest BCUT2D eigenvalue weighted by Gasteiger charge is 2.18. The third kappa shape index (κ3) is 5.19. The second-order valence-electron chi connectivity index (χ2n) is 7.85. The number of amides is 2. The molecule has 6 nitrogen and oxygen atoms in total. The summed E-state index contributed by atoms with van der Waals surface area (Å²) in [6, 6.07) is 14.2. The van der Waals surface area contributed by atoms with Crippen molar-refractivity contribution in [3.8, 4) is 5.75 Å². The number of carbonyl (C=O) groups is 2. The van der Waals surface area contributed by atoms with Crippen molar-refractivity contribution < 1.29 is 19.1 Å². The molecule has 0 radical (unpaired) electrons. The third-order valence-electron chi connectivity index (χ3n) is 5.61. The minimum Gasteiger partial charge on any atom is -0.491 e. The van der Waals surface area contributed by atoms with Gasteiger partial charge in [-0.15, -0.1) is 0 Å². The first-order valence-corrected chi connectivity index (χ1v) is 10.7. The first-order valence-electron chi connectivity index (χ1n) is 10.7. The van der Waals surface area contributed by atoms with Crippen molar-refractivity contribution in [3.05, 3.63) is 59.7 Å². The van der Waals surface area contributed by atoms with Crippen molar-refractivity contribution in [2.45, 2.75) is 38.2 Å². The Kier molecular flexibility index (Phi) is 6.64. The van der Waals surface area contributed by atoms with E-state index in [1.165, 1.54) is 6.42 Å². The Balaban J connectivity index is 1.30. The number of likely N-dealkylation sites (tertiary alicyclic amines) is 1. The van der Waals surface area contributed by atoms with Crippen LogP contribution in [0.4, 0.5) is 5.69 Å². The second kappa shape index (κ2) is 9.76. The van der Waals surface area contributed by atoms with Crippen LogP contribution in [0.25, 0.3) is 0 Å². The summed E-state index contributed by atoms with van der Waals surface area (Å²) in [7, 11) is 0. The molecule has 0 aliphatic carbocycles. The zero-order valence-electron chi connectivity index (χ0n) is 17.1. The van der Waals surface area contributed by atoms with E-state index in [0.29, 0.717) is 23.4 Å². The van der Waals surface area contributed by atoms with Gasteiger partial charge in [-0.1, -0.05) is 0 Å². The van der Waals surface area contributed by atoms with Crippen molar-refractivity contribution in [2.75, 3.05) is 31.6 Å². The molecule has 0 saturated carbocycles. The van der Waals surface area contributed by atoms with Crippen LogP contribution in [-0.4, -0.2) is 49.1 Å². The summed E-state index contributed by atoms with van der Waals surface area (Å²) in [5.74, 6) is 0.588. The molecule has 0 spiro atoms. The van der Waals surface area contributed by atoms with Crippen LogP contribution >= 0.6 is 0 Å². The molecule has 6 heteroatoms. The summed E-state index contributed by atoms with van der Waals surface area (Å²) in [6.45, 7) is 2.99. The van der Waals surface area contributed by atoms with E-state index >= 15 is 0 Å². The van der Waals surface area contributed by atoms with Crippen LogP contribution in [0.2, 0.25) is 0 Å². The number of rotatable bonds is 6.